The normalized spacial score (nSPS) is 10.7. The summed E-state index contributed by atoms with van der Waals surface area (Å²) >= 11 is 3.02. The van der Waals surface area contributed by atoms with Crippen LogP contribution in [-0.2, 0) is 0 Å². The van der Waals surface area contributed by atoms with E-state index in [4.69, 9.17) is 0 Å². The molecule has 6 heteroatoms. The second kappa shape index (κ2) is 3.56. The molecule has 0 saturated carbocycles. The van der Waals surface area contributed by atoms with E-state index in [2.05, 4.69) is 19.6 Å². The SMILES string of the molecule is c1csc(-c2[nH]ncc2-c2ccsn2)n1. The molecular formula is C9H6N4S2. The largest absolute Gasteiger partial charge is 0.275 e. The fourth-order valence-electron chi connectivity index (χ4n) is 1.34. The Morgan fingerprint density at radius 1 is 1.27 bits per heavy atom. The zero-order valence-corrected chi connectivity index (χ0v) is 9.18. The first-order valence-electron chi connectivity index (χ1n) is 4.29. The standard InChI is InChI=1S/C9H6N4S2/c1-3-15-13-7(1)6-5-11-12-8(6)9-10-2-4-14-9/h1-5H,(H,11,12). The van der Waals surface area contributed by atoms with Crippen LogP contribution in [0.5, 0.6) is 0 Å². The van der Waals surface area contributed by atoms with E-state index in [1.165, 1.54) is 11.5 Å². The highest BCUT2D eigenvalue weighted by Gasteiger charge is 2.12. The van der Waals surface area contributed by atoms with Crippen molar-refractivity contribution in [3.8, 4) is 22.0 Å². The second-order valence-corrected chi connectivity index (χ2v) is 4.44. The van der Waals surface area contributed by atoms with Crippen molar-refractivity contribution in [3.63, 3.8) is 0 Å². The minimum Gasteiger partial charge on any atom is -0.275 e. The van der Waals surface area contributed by atoms with Gasteiger partial charge in [-0.05, 0) is 17.6 Å². The van der Waals surface area contributed by atoms with Gasteiger partial charge in [-0.25, -0.2) is 4.98 Å². The van der Waals surface area contributed by atoms with Gasteiger partial charge in [0.25, 0.3) is 0 Å². The molecule has 0 amide bonds. The summed E-state index contributed by atoms with van der Waals surface area (Å²) in [6.07, 6.45) is 3.57. The van der Waals surface area contributed by atoms with Crippen molar-refractivity contribution in [2.45, 2.75) is 0 Å². The van der Waals surface area contributed by atoms with Gasteiger partial charge >= 0.3 is 0 Å². The first kappa shape index (κ1) is 8.75. The average molecular weight is 234 g/mol. The molecule has 0 atom stereocenters. The van der Waals surface area contributed by atoms with Crippen molar-refractivity contribution in [2.75, 3.05) is 0 Å². The van der Waals surface area contributed by atoms with Crippen LogP contribution in [0.1, 0.15) is 0 Å². The summed E-state index contributed by atoms with van der Waals surface area (Å²) in [6.45, 7) is 0. The smallest absolute Gasteiger partial charge is 0.141 e. The van der Waals surface area contributed by atoms with Gasteiger partial charge in [-0.15, -0.1) is 11.3 Å². The van der Waals surface area contributed by atoms with Crippen molar-refractivity contribution in [1.29, 1.82) is 0 Å². The van der Waals surface area contributed by atoms with Gasteiger partial charge in [0, 0.05) is 22.5 Å². The minimum absolute atomic E-state index is 0.940. The molecule has 0 fully saturated rings. The summed E-state index contributed by atoms with van der Waals surface area (Å²) < 4.78 is 4.29. The Labute approximate surface area is 93.8 Å². The van der Waals surface area contributed by atoms with Gasteiger partial charge in [-0.2, -0.15) is 9.47 Å². The van der Waals surface area contributed by atoms with Gasteiger partial charge in [0.1, 0.15) is 10.7 Å². The fourth-order valence-corrected chi connectivity index (χ4v) is 2.51. The number of rotatable bonds is 2. The molecule has 0 bridgehead atoms. The minimum atomic E-state index is 0.940. The maximum absolute atomic E-state index is 4.29. The predicted molar refractivity (Wildman–Crippen MR) is 60.8 cm³/mol. The van der Waals surface area contributed by atoms with Crippen LogP contribution in [0.2, 0.25) is 0 Å². The van der Waals surface area contributed by atoms with Crippen LogP contribution in [0.25, 0.3) is 22.0 Å². The van der Waals surface area contributed by atoms with E-state index in [1.807, 2.05) is 16.8 Å². The number of nitrogens with zero attached hydrogens (tertiary/aromatic N) is 3. The van der Waals surface area contributed by atoms with Crippen LogP contribution in [0.4, 0.5) is 0 Å². The van der Waals surface area contributed by atoms with E-state index in [9.17, 15) is 0 Å². The number of nitrogens with one attached hydrogen (secondary N) is 1. The Morgan fingerprint density at radius 2 is 2.27 bits per heavy atom. The van der Waals surface area contributed by atoms with E-state index < -0.39 is 0 Å². The highest BCUT2D eigenvalue weighted by atomic mass is 32.1. The molecule has 15 heavy (non-hydrogen) atoms. The topological polar surface area (TPSA) is 54.5 Å². The van der Waals surface area contributed by atoms with Crippen LogP contribution < -0.4 is 0 Å². The molecule has 0 saturated heterocycles. The molecular weight excluding hydrogens is 228 g/mol. The van der Waals surface area contributed by atoms with Crippen molar-refractivity contribution in [1.82, 2.24) is 19.6 Å². The van der Waals surface area contributed by atoms with Crippen LogP contribution >= 0.6 is 22.9 Å². The lowest BCUT2D eigenvalue weighted by molar-refractivity contribution is 1.09. The van der Waals surface area contributed by atoms with Gasteiger partial charge in [0.05, 0.1) is 11.9 Å². The zero-order valence-electron chi connectivity index (χ0n) is 7.54. The zero-order chi connectivity index (χ0) is 10.1. The van der Waals surface area contributed by atoms with Crippen molar-refractivity contribution < 1.29 is 0 Å². The number of hydrogen-bond donors (Lipinski definition) is 1. The summed E-state index contributed by atoms with van der Waals surface area (Å²) in [4.78, 5) is 4.25. The lowest BCUT2D eigenvalue weighted by atomic mass is 10.2. The quantitative estimate of drug-likeness (QED) is 0.741. The van der Waals surface area contributed by atoms with Gasteiger partial charge in [-0.3, -0.25) is 5.10 Å². The molecule has 4 nitrogen and oxygen atoms in total. The number of thiazole rings is 1. The Morgan fingerprint density at radius 3 is 3.00 bits per heavy atom. The van der Waals surface area contributed by atoms with E-state index in [0.717, 1.165) is 22.0 Å². The van der Waals surface area contributed by atoms with Gasteiger partial charge < -0.3 is 0 Å². The molecule has 74 valence electrons. The van der Waals surface area contributed by atoms with E-state index in [0.29, 0.717) is 0 Å². The fraction of sp³-hybridized carbons (Fsp3) is 0. The molecule has 0 aliphatic rings. The molecule has 0 unspecified atom stereocenters. The summed E-state index contributed by atoms with van der Waals surface area (Å²) in [7, 11) is 0. The third kappa shape index (κ3) is 1.47. The van der Waals surface area contributed by atoms with Crippen LogP contribution in [0.3, 0.4) is 0 Å². The number of hydrogen-bond acceptors (Lipinski definition) is 5. The van der Waals surface area contributed by atoms with Gasteiger partial charge in [0.2, 0.25) is 0 Å². The molecule has 3 rings (SSSR count). The summed E-state index contributed by atoms with van der Waals surface area (Å²) in [5, 5.41) is 11.8. The monoisotopic (exact) mass is 234 g/mol. The molecule has 0 aliphatic carbocycles. The second-order valence-electron chi connectivity index (χ2n) is 2.88. The summed E-state index contributed by atoms with van der Waals surface area (Å²) in [6, 6.07) is 1.98. The third-order valence-corrected chi connectivity index (χ3v) is 3.35. The van der Waals surface area contributed by atoms with Crippen LogP contribution in [0.15, 0.2) is 29.2 Å². The Kier molecular flexibility index (Phi) is 2.08. The lowest BCUT2D eigenvalue weighted by Crippen LogP contribution is -1.80. The number of H-pyrrole nitrogens is 1. The van der Waals surface area contributed by atoms with Gasteiger partial charge in [-0.1, -0.05) is 0 Å². The third-order valence-electron chi connectivity index (χ3n) is 2.00. The van der Waals surface area contributed by atoms with E-state index in [-0.39, 0.29) is 0 Å². The van der Waals surface area contributed by atoms with Gasteiger partial charge in [0.15, 0.2) is 0 Å². The summed E-state index contributed by atoms with van der Waals surface area (Å²) in [5.41, 5.74) is 2.89. The molecule has 3 aromatic heterocycles. The molecule has 1 N–H and O–H groups in total. The lowest BCUT2D eigenvalue weighted by Gasteiger charge is -1.94. The van der Waals surface area contributed by atoms with Crippen LogP contribution in [-0.4, -0.2) is 19.6 Å². The van der Waals surface area contributed by atoms with Crippen LogP contribution in [0, 0.1) is 0 Å². The molecule has 0 aliphatic heterocycles. The van der Waals surface area contributed by atoms with E-state index >= 15 is 0 Å². The first-order valence-corrected chi connectivity index (χ1v) is 6.01. The molecule has 3 heterocycles. The average Bonchev–Trinajstić information content (AvgIpc) is 3.01. The Bertz CT molecular complexity index is 490. The first-order chi connectivity index (χ1) is 7.45. The van der Waals surface area contributed by atoms with E-state index in [1.54, 1.807) is 23.7 Å². The predicted octanol–water partition coefficient (Wildman–Crippen LogP) is 2.66. The van der Waals surface area contributed by atoms with Crippen molar-refractivity contribution in [3.05, 3.63) is 29.2 Å². The molecule has 0 aromatic carbocycles. The molecule has 0 spiro atoms. The summed E-state index contributed by atoms with van der Waals surface area (Å²) in [5.74, 6) is 0. The molecule has 3 aromatic rings. The number of aromatic nitrogens is 4. The maximum Gasteiger partial charge on any atom is 0.141 e. The van der Waals surface area contributed by atoms with Crippen molar-refractivity contribution >= 4 is 22.9 Å². The highest BCUT2D eigenvalue weighted by Crippen LogP contribution is 2.30. The van der Waals surface area contributed by atoms with Crippen molar-refractivity contribution in [2.24, 2.45) is 0 Å². The Hall–Kier alpha value is -1.53. The number of aromatic amines is 1. The molecule has 0 radical (unpaired) electrons. The maximum atomic E-state index is 4.29. The Balaban J connectivity index is 2.15. The highest BCUT2D eigenvalue weighted by molar-refractivity contribution is 7.13.